The van der Waals surface area contributed by atoms with Gasteiger partial charge in [-0.2, -0.15) is 5.10 Å². The van der Waals surface area contributed by atoms with E-state index >= 15 is 0 Å². The molecule has 0 aromatic carbocycles. The van der Waals surface area contributed by atoms with Crippen LogP contribution in [0, 0.1) is 0 Å². The van der Waals surface area contributed by atoms with Crippen LogP contribution in [0.15, 0.2) is 30.6 Å². The third kappa shape index (κ3) is 3.70. The van der Waals surface area contributed by atoms with Gasteiger partial charge in [-0.05, 0) is 18.2 Å². The molecule has 7 nitrogen and oxygen atoms in total. The molecule has 0 bridgehead atoms. The van der Waals surface area contributed by atoms with E-state index in [-0.39, 0.29) is 18.2 Å². The van der Waals surface area contributed by atoms with Gasteiger partial charge in [0.05, 0.1) is 17.0 Å². The van der Waals surface area contributed by atoms with Crippen molar-refractivity contribution in [3.8, 4) is 0 Å². The Labute approximate surface area is 117 Å². The molecule has 0 aliphatic rings. The topological polar surface area (TPSA) is 92.6 Å². The second-order valence-electron chi connectivity index (χ2n) is 4.24. The van der Waals surface area contributed by atoms with Crippen LogP contribution in [0.4, 0.5) is 5.69 Å². The van der Waals surface area contributed by atoms with Gasteiger partial charge in [0.2, 0.25) is 15.9 Å². The number of aromatic nitrogens is 2. The zero-order valence-electron chi connectivity index (χ0n) is 11.0. The Hall–Kier alpha value is -2.09. The van der Waals surface area contributed by atoms with Crippen LogP contribution < -0.4 is 10.0 Å². The van der Waals surface area contributed by atoms with Crippen molar-refractivity contribution in [1.29, 1.82) is 0 Å². The molecule has 0 radical (unpaired) electrons. The molecule has 2 heterocycles. The second-order valence-corrected chi connectivity index (χ2v) is 6.08. The summed E-state index contributed by atoms with van der Waals surface area (Å²) in [6.45, 7) is 1.81. The molecular weight excluding hydrogens is 280 g/mol. The number of rotatable bonds is 6. The summed E-state index contributed by atoms with van der Waals surface area (Å²) in [5.74, 6) is -0.329. The van der Waals surface area contributed by atoms with Crippen molar-refractivity contribution >= 4 is 27.1 Å². The second kappa shape index (κ2) is 5.91. The number of sulfonamides is 1. The minimum absolute atomic E-state index is 0.0942. The van der Waals surface area contributed by atoms with Gasteiger partial charge in [-0.15, -0.1) is 0 Å². The van der Waals surface area contributed by atoms with E-state index in [1.807, 2.05) is 0 Å². The molecule has 2 N–H and O–H groups in total. The summed E-state index contributed by atoms with van der Waals surface area (Å²) >= 11 is 0. The number of anilines is 1. The fraction of sp³-hybridized carbons (Fsp3) is 0.333. The van der Waals surface area contributed by atoms with Crippen LogP contribution in [-0.2, 0) is 14.8 Å². The van der Waals surface area contributed by atoms with Gasteiger partial charge >= 0.3 is 0 Å². The Balaban J connectivity index is 1.98. The average molecular weight is 296 g/mol. The van der Waals surface area contributed by atoms with Crippen molar-refractivity contribution < 1.29 is 13.2 Å². The van der Waals surface area contributed by atoms with Crippen molar-refractivity contribution in [2.75, 3.05) is 17.0 Å². The summed E-state index contributed by atoms with van der Waals surface area (Å²) in [7, 11) is -3.48. The molecule has 20 heavy (non-hydrogen) atoms. The molecule has 0 saturated heterocycles. The highest BCUT2D eigenvalue weighted by molar-refractivity contribution is 7.92. The number of hydrogen-bond donors (Lipinski definition) is 2. The molecule has 2 aromatic heterocycles. The molecule has 0 saturated carbocycles. The number of carbonyl (C=O) groups is 1. The molecule has 108 valence electrons. The third-order valence-electron chi connectivity index (χ3n) is 2.69. The van der Waals surface area contributed by atoms with Gasteiger partial charge in [0.15, 0.2) is 0 Å². The fourth-order valence-corrected chi connectivity index (χ4v) is 2.62. The quantitative estimate of drug-likeness (QED) is 0.816. The average Bonchev–Trinajstić information content (AvgIpc) is 2.85. The Bertz CT molecular complexity index is 708. The summed E-state index contributed by atoms with van der Waals surface area (Å²) in [5, 5.41) is 6.55. The molecule has 2 aromatic rings. The molecule has 0 atom stereocenters. The number of nitrogens with one attached hydrogen (secondary N) is 2. The van der Waals surface area contributed by atoms with Gasteiger partial charge < -0.3 is 5.32 Å². The van der Waals surface area contributed by atoms with Crippen molar-refractivity contribution in [3.05, 3.63) is 30.6 Å². The molecule has 0 spiro atoms. The first-order valence-electron chi connectivity index (χ1n) is 6.21. The molecule has 0 fully saturated rings. The summed E-state index contributed by atoms with van der Waals surface area (Å²) in [5.41, 5.74) is 1.27. The summed E-state index contributed by atoms with van der Waals surface area (Å²) in [6, 6.07) is 5.09. The molecule has 2 rings (SSSR count). The first-order valence-corrected chi connectivity index (χ1v) is 7.86. The van der Waals surface area contributed by atoms with Crippen molar-refractivity contribution in [2.24, 2.45) is 0 Å². The number of nitrogens with zero attached hydrogens (tertiary/aromatic N) is 2. The standard InChI is InChI=1S/C12H16N4O3S/c1-2-12(17)13-6-8-20(18,19)15-10-4-7-16-11(9-10)3-5-14-16/h3-5,7,9,15H,2,6,8H2,1H3,(H,13,17). The van der Waals surface area contributed by atoms with Gasteiger partial charge in [0, 0.05) is 25.4 Å². The normalized spacial score (nSPS) is 11.4. The smallest absolute Gasteiger partial charge is 0.234 e. The first-order chi connectivity index (χ1) is 9.50. The van der Waals surface area contributed by atoms with Gasteiger partial charge in [-0.1, -0.05) is 6.92 Å². The molecule has 0 aliphatic carbocycles. The van der Waals surface area contributed by atoms with E-state index < -0.39 is 10.0 Å². The lowest BCUT2D eigenvalue weighted by Crippen LogP contribution is -2.30. The lowest BCUT2D eigenvalue weighted by atomic mass is 10.4. The van der Waals surface area contributed by atoms with Crippen LogP contribution in [0.2, 0.25) is 0 Å². The number of pyridine rings is 1. The van der Waals surface area contributed by atoms with Crippen molar-refractivity contribution in [2.45, 2.75) is 13.3 Å². The largest absolute Gasteiger partial charge is 0.355 e. The number of amides is 1. The van der Waals surface area contributed by atoms with Crippen LogP contribution in [0.1, 0.15) is 13.3 Å². The zero-order valence-corrected chi connectivity index (χ0v) is 11.9. The zero-order chi connectivity index (χ0) is 14.6. The first kappa shape index (κ1) is 14.3. The molecule has 8 heteroatoms. The SMILES string of the molecule is CCC(=O)NCCS(=O)(=O)Nc1ccn2nccc2c1. The van der Waals surface area contributed by atoms with Crippen LogP contribution in [0.3, 0.4) is 0 Å². The Morgan fingerprint density at radius 3 is 2.95 bits per heavy atom. The Morgan fingerprint density at radius 2 is 2.20 bits per heavy atom. The maximum atomic E-state index is 11.9. The van der Waals surface area contributed by atoms with E-state index in [9.17, 15) is 13.2 Å². The monoisotopic (exact) mass is 296 g/mol. The van der Waals surface area contributed by atoms with Crippen LogP contribution in [-0.4, -0.2) is 36.2 Å². The van der Waals surface area contributed by atoms with E-state index in [2.05, 4.69) is 15.1 Å². The Morgan fingerprint density at radius 1 is 1.40 bits per heavy atom. The highest BCUT2D eigenvalue weighted by atomic mass is 32.2. The highest BCUT2D eigenvalue weighted by Crippen LogP contribution is 2.12. The van der Waals surface area contributed by atoms with E-state index in [0.717, 1.165) is 5.52 Å². The minimum atomic E-state index is -3.48. The minimum Gasteiger partial charge on any atom is -0.355 e. The maximum absolute atomic E-state index is 11.9. The van der Waals surface area contributed by atoms with Gasteiger partial charge in [0.25, 0.3) is 0 Å². The van der Waals surface area contributed by atoms with E-state index in [1.165, 1.54) is 0 Å². The van der Waals surface area contributed by atoms with E-state index in [1.54, 1.807) is 42.0 Å². The third-order valence-corrected chi connectivity index (χ3v) is 3.98. The van der Waals surface area contributed by atoms with Crippen LogP contribution in [0.25, 0.3) is 5.52 Å². The van der Waals surface area contributed by atoms with Gasteiger partial charge in [-0.3, -0.25) is 9.52 Å². The summed E-state index contributed by atoms with van der Waals surface area (Å²) in [6.07, 6.45) is 3.64. The highest BCUT2D eigenvalue weighted by Gasteiger charge is 2.11. The molecule has 1 amide bonds. The fourth-order valence-electron chi connectivity index (χ4n) is 1.67. The summed E-state index contributed by atoms with van der Waals surface area (Å²) in [4.78, 5) is 11.0. The van der Waals surface area contributed by atoms with Crippen LogP contribution in [0.5, 0.6) is 0 Å². The summed E-state index contributed by atoms with van der Waals surface area (Å²) < 4.78 is 27.8. The molecular formula is C12H16N4O3S. The number of carbonyl (C=O) groups excluding carboxylic acids is 1. The molecule has 0 unspecified atom stereocenters. The predicted octanol–water partition coefficient (Wildman–Crippen LogP) is 0.602. The maximum Gasteiger partial charge on any atom is 0.234 e. The van der Waals surface area contributed by atoms with Crippen molar-refractivity contribution in [3.63, 3.8) is 0 Å². The van der Waals surface area contributed by atoms with Gasteiger partial charge in [-0.25, -0.2) is 12.9 Å². The molecule has 0 aliphatic heterocycles. The predicted molar refractivity (Wildman–Crippen MR) is 75.9 cm³/mol. The van der Waals surface area contributed by atoms with E-state index in [4.69, 9.17) is 0 Å². The van der Waals surface area contributed by atoms with Gasteiger partial charge in [0.1, 0.15) is 0 Å². The van der Waals surface area contributed by atoms with E-state index in [0.29, 0.717) is 12.1 Å². The van der Waals surface area contributed by atoms with Crippen molar-refractivity contribution in [1.82, 2.24) is 14.9 Å². The Kier molecular flexibility index (Phi) is 4.23. The lowest BCUT2D eigenvalue weighted by molar-refractivity contribution is -0.120. The number of fused-ring (bicyclic) bond motifs is 1. The number of hydrogen-bond acceptors (Lipinski definition) is 4. The van der Waals surface area contributed by atoms with Crippen LogP contribution >= 0.6 is 0 Å². The lowest BCUT2D eigenvalue weighted by Gasteiger charge is -2.09.